The van der Waals surface area contributed by atoms with Gasteiger partial charge in [0, 0.05) is 12.1 Å². The number of hydrogen-bond acceptors (Lipinski definition) is 5. The van der Waals surface area contributed by atoms with Gasteiger partial charge >= 0.3 is 0 Å². The molecule has 0 aliphatic carbocycles. The molecule has 2 rings (SSSR count). The number of rotatable bonds is 3. The average Bonchev–Trinajstić information content (AvgIpc) is 2.43. The summed E-state index contributed by atoms with van der Waals surface area (Å²) in [6.45, 7) is 1.78. The van der Waals surface area contributed by atoms with Crippen LogP contribution in [0.2, 0.25) is 0 Å². The summed E-state index contributed by atoms with van der Waals surface area (Å²) >= 11 is 0. The third-order valence-corrected chi connectivity index (χ3v) is 3.45. The van der Waals surface area contributed by atoms with Crippen molar-refractivity contribution in [2.45, 2.75) is 18.8 Å². The quantitative estimate of drug-likeness (QED) is 0.479. The fourth-order valence-electron chi connectivity index (χ4n) is 2.25. The summed E-state index contributed by atoms with van der Waals surface area (Å²) in [6.07, 6.45) is 1.79. The van der Waals surface area contributed by atoms with E-state index in [0.29, 0.717) is 12.0 Å². The molecule has 0 aromatic heterocycles. The van der Waals surface area contributed by atoms with Crippen molar-refractivity contribution in [2.75, 3.05) is 0 Å². The molecule has 1 aromatic carbocycles. The summed E-state index contributed by atoms with van der Waals surface area (Å²) in [5.74, 6) is -1.10. The predicted octanol–water partition coefficient (Wildman–Crippen LogP) is 0.742. The van der Waals surface area contributed by atoms with Crippen molar-refractivity contribution in [2.24, 2.45) is 5.73 Å². The smallest absolute Gasteiger partial charge is 0.273 e. The zero-order valence-corrected chi connectivity index (χ0v) is 10.8. The van der Waals surface area contributed by atoms with Crippen LogP contribution in [0.1, 0.15) is 18.9 Å². The average molecular weight is 275 g/mol. The van der Waals surface area contributed by atoms with Gasteiger partial charge in [0.2, 0.25) is 5.91 Å². The Hall–Kier alpha value is -2.70. The SMILES string of the molecule is CC[C@@]1(c2ccc([N+](=O)[O-])cc2)C=C(N)C(=O)NC1=O. The van der Waals surface area contributed by atoms with Gasteiger partial charge < -0.3 is 5.73 Å². The number of benzene rings is 1. The highest BCUT2D eigenvalue weighted by Crippen LogP contribution is 2.33. The maximum atomic E-state index is 12.2. The third kappa shape index (κ3) is 2.03. The molecule has 1 aliphatic heterocycles. The third-order valence-electron chi connectivity index (χ3n) is 3.45. The van der Waals surface area contributed by atoms with Gasteiger partial charge in [-0.05, 0) is 18.1 Å². The predicted molar refractivity (Wildman–Crippen MR) is 70.5 cm³/mol. The Morgan fingerprint density at radius 3 is 2.40 bits per heavy atom. The Morgan fingerprint density at radius 1 is 1.30 bits per heavy atom. The molecular formula is C13H13N3O4. The molecule has 0 saturated carbocycles. The number of nitrogens with one attached hydrogen (secondary N) is 1. The number of nitrogens with zero attached hydrogens (tertiary/aromatic N) is 1. The van der Waals surface area contributed by atoms with Crippen LogP contribution in [0.15, 0.2) is 36.0 Å². The Labute approximate surface area is 114 Å². The van der Waals surface area contributed by atoms with Crippen molar-refractivity contribution < 1.29 is 14.5 Å². The van der Waals surface area contributed by atoms with Gasteiger partial charge in [0.25, 0.3) is 11.6 Å². The number of carbonyl (C=O) groups excluding carboxylic acids is 2. The van der Waals surface area contributed by atoms with E-state index in [2.05, 4.69) is 5.32 Å². The van der Waals surface area contributed by atoms with E-state index in [1.807, 2.05) is 0 Å². The number of nitrogens with two attached hydrogens (primary N) is 1. The fraction of sp³-hybridized carbons (Fsp3) is 0.231. The molecule has 1 atom stereocenters. The number of nitro groups is 1. The Bertz CT molecular complexity index is 621. The van der Waals surface area contributed by atoms with Gasteiger partial charge in [0.05, 0.1) is 16.0 Å². The minimum atomic E-state index is -1.08. The first-order valence-corrected chi connectivity index (χ1v) is 6.00. The van der Waals surface area contributed by atoms with E-state index in [0.717, 1.165) is 0 Å². The summed E-state index contributed by atoms with van der Waals surface area (Å²) < 4.78 is 0. The van der Waals surface area contributed by atoms with E-state index in [1.54, 1.807) is 6.92 Å². The van der Waals surface area contributed by atoms with Crippen LogP contribution in [0.4, 0.5) is 5.69 Å². The molecule has 0 bridgehead atoms. The summed E-state index contributed by atoms with van der Waals surface area (Å²) in [5, 5.41) is 12.8. The molecule has 20 heavy (non-hydrogen) atoms. The molecule has 0 unspecified atom stereocenters. The normalized spacial score (nSPS) is 22.1. The topological polar surface area (TPSA) is 115 Å². The van der Waals surface area contributed by atoms with Crippen LogP contribution in [0.3, 0.4) is 0 Å². The molecule has 0 fully saturated rings. The van der Waals surface area contributed by atoms with Gasteiger partial charge in [-0.3, -0.25) is 25.0 Å². The Balaban J connectivity index is 2.53. The summed E-state index contributed by atoms with van der Waals surface area (Å²) in [4.78, 5) is 33.7. The zero-order valence-electron chi connectivity index (χ0n) is 10.8. The lowest BCUT2D eigenvalue weighted by Gasteiger charge is -2.32. The number of nitro benzene ring substituents is 1. The van der Waals surface area contributed by atoms with Crippen molar-refractivity contribution in [1.82, 2.24) is 5.32 Å². The molecule has 1 aliphatic rings. The van der Waals surface area contributed by atoms with E-state index in [-0.39, 0.29) is 11.4 Å². The van der Waals surface area contributed by atoms with Gasteiger partial charge in [0.15, 0.2) is 0 Å². The molecule has 7 heteroatoms. The minimum Gasteiger partial charge on any atom is -0.394 e. The van der Waals surface area contributed by atoms with Gasteiger partial charge in [-0.2, -0.15) is 0 Å². The maximum absolute atomic E-state index is 12.2. The molecule has 0 saturated heterocycles. The van der Waals surface area contributed by atoms with Gasteiger partial charge in [-0.15, -0.1) is 0 Å². The Kier molecular flexibility index (Phi) is 3.27. The molecule has 1 heterocycles. The van der Waals surface area contributed by atoms with Gasteiger partial charge in [-0.25, -0.2) is 0 Å². The molecule has 1 aromatic rings. The van der Waals surface area contributed by atoms with E-state index >= 15 is 0 Å². The minimum absolute atomic E-state index is 0.0372. The molecule has 7 nitrogen and oxygen atoms in total. The van der Waals surface area contributed by atoms with Crippen LogP contribution >= 0.6 is 0 Å². The largest absolute Gasteiger partial charge is 0.394 e. The number of hydrogen-bond donors (Lipinski definition) is 2. The number of imide groups is 1. The van der Waals surface area contributed by atoms with Gasteiger partial charge in [0.1, 0.15) is 0 Å². The zero-order chi connectivity index (χ0) is 14.9. The second kappa shape index (κ2) is 4.76. The lowest BCUT2D eigenvalue weighted by molar-refractivity contribution is -0.384. The molecule has 2 amide bonds. The van der Waals surface area contributed by atoms with Crippen LogP contribution in [-0.4, -0.2) is 16.7 Å². The van der Waals surface area contributed by atoms with E-state index < -0.39 is 22.2 Å². The lowest BCUT2D eigenvalue weighted by Crippen LogP contribution is -2.51. The second-order valence-electron chi connectivity index (χ2n) is 4.51. The van der Waals surface area contributed by atoms with Gasteiger partial charge in [-0.1, -0.05) is 19.1 Å². The van der Waals surface area contributed by atoms with Crippen LogP contribution in [0, 0.1) is 10.1 Å². The summed E-state index contributed by atoms with van der Waals surface area (Å²) in [7, 11) is 0. The number of amides is 2. The fourth-order valence-corrected chi connectivity index (χ4v) is 2.25. The maximum Gasteiger partial charge on any atom is 0.273 e. The van der Waals surface area contributed by atoms with Crippen molar-refractivity contribution in [3.05, 3.63) is 51.7 Å². The first-order chi connectivity index (χ1) is 9.40. The number of carbonyl (C=O) groups is 2. The Morgan fingerprint density at radius 2 is 1.90 bits per heavy atom. The highest BCUT2D eigenvalue weighted by molar-refractivity contribution is 6.11. The van der Waals surface area contributed by atoms with E-state index in [9.17, 15) is 19.7 Å². The highest BCUT2D eigenvalue weighted by Gasteiger charge is 2.41. The van der Waals surface area contributed by atoms with Crippen LogP contribution in [0.25, 0.3) is 0 Å². The standard InChI is InChI=1S/C13H13N3O4/c1-2-13(7-10(14)11(17)15-12(13)18)8-3-5-9(6-4-8)16(19)20/h3-7H,2,14H2,1H3,(H,15,17,18)/t13-/m0/s1. The van der Waals surface area contributed by atoms with E-state index in [4.69, 9.17) is 5.73 Å². The molecule has 3 N–H and O–H groups in total. The number of non-ortho nitro benzene ring substituents is 1. The van der Waals surface area contributed by atoms with Crippen molar-refractivity contribution >= 4 is 17.5 Å². The van der Waals surface area contributed by atoms with Crippen LogP contribution in [-0.2, 0) is 15.0 Å². The summed E-state index contributed by atoms with van der Waals surface area (Å²) in [6, 6.07) is 5.64. The van der Waals surface area contributed by atoms with E-state index in [1.165, 1.54) is 30.3 Å². The first kappa shape index (κ1) is 13.7. The monoisotopic (exact) mass is 275 g/mol. The molecule has 0 spiro atoms. The van der Waals surface area contributed by atoms with Crippen LogP contribution in [0.5, 0.6) is 0 Å². The second-order valence-corrected chi connectivity index (χ2v) is 4.51. The molecule has 104 valence electrons. The van der Waals surface area contributed by atoms with Crippen LogP contribution < -0.4 is 11.1 Å². The first-order valence-electron chi connectivity index (χ1n) is 6.00. The highest BCUT2D eigenvalue weighted by atomic mass is 16.6. The van der Waals surface area contributed by atoms with Crippen molar-refractivity contribution in [3.8, 4) is 0 Å². The lowest BCUT2D eigenvalue weighted by atomic mass is 9.75. The molecular weight excluding hydrogens is 262 g/mol. The summed E-state index contributed by atoms with van der Waals surface area (Å²) in [5.41, 5.74) is 4.97. The van der Waals surface area contributed by atoms with Crippen molar-refractivity contribution in [1.29, 1.82) is 0 Å². The molecule has 0 radical (unpaired) electrons. The van der Waals surface area contributed by atoms with Crippen molar-refractivity contribution in [3.63, 3.8) is 0 Å².